The normalized spacial score (nSPS) is 12.1. The van der Waals surface area contributed by atoms with E-state index in [0.717, 1.165) is 11.1 Å². The number of aromatic amines is 1. The molecule has 1 atom stereocenters. The molecule has 10 nitrogen and oxygen atoms in total. The zero-order valence-electron chi connectivity index (χ0n) is 21.7. The van der Waals surface area contributed by atoms with Crippen LogP contribution in [0.4, 0.5) is 0 Å². The van der Waals surface area contributed by atoms with Crippen LogP contribution in [0.2, 0.25) is 0 Å². The van der Waals surface area contributed by atoms with Gasteiger partial charge in [0.1, 0.15) is 11.9 Å². The summed E-state index contributed by atoms with van der Waals surface area (Å²) in [6.45, 7) is 7.68. The molecule has 0 aliphatic rings. The molecule has 0 aliphatic heterocycles. The second kappa shape index (κ2) is 10.7. The minimum Gasteiger partial charge on any atom is -0.347 e. The summed E-state index contributed by atoms with van der Waals surface area (Å²) in [5.41, 5.74) is 2.10. The Labute approximate surface area is 219 Å². The van der Waals surface area contributed by atoms with Crippen LogP contribution in [0.15, 0.2) is 59.4 Å². The first-order valence-electron chi connectivity index (χ1n) is 12.1. The number of rotatable bonds is 7. The number of carbonyl (C=O) groups excluding carboxylic acids is 2. The second-order valence-corrected chi connectivity index (χ2v) is 10.2. The van der Waals surface area contributed by atoms with Gasteiger partial charge in [-0.1, -0.05) is 51.1 Å². The lowest BCUT2D eigenvalue weighted by Crippen LogP contribution is -2.53. The fourth-order valence-electron chi connectivity index (χ4n) is 4.15. The Balaban J connectivity index is 1.56. The van der Waals surface area contributed by atoms with Gasteiger partial charge in [0.25, 0.3) is 11.5 Å². The molecular formula is C28H29N7O3. The van der Waals surface area contributed by atoms with E-state index >= 15 is 0 Å². The lowest BCUT2D eigenvalue weighted by atomic mass is 9.86. The van der Waals surface area contributed by atoms with Crippen molar-refractivity contribution < 1.29 is 9.59 Å². The molecule has 10 heteroatoms. The number of amides is 2. The maximum absolute atomic E-state index is 13.5. The Morgan fingerprint density at radius 2 is 1.84 bits per heavy atom. The van der Waals surface area contributed by atoms with E-state index in [1.165, 1.54) is 6.07 Å². The summed E-state index contributed by atoms with van der Waals surface area (Å²) in [6, 6.07) is 17.2. The van der Waals surface area contributed by atoms with Gasteiger partial charge in [0.05, 0.1) is 30.2 Å². The van der Waals surface area contributed by atoms with Gasteiger partial charge in [0.2, 0.25) is 5.91 Å². The Morgan fingerprint density at radius 1 is 1.13 bits per heavy atom. The maximum Gasteiger partial charge on any atom is 0.273 e. The molecule has 4 rings (SSSR count). The van der Waals surface area contributed by atoms with Gasteiger partial charge in [0.15, 0.2) is 5.69 Å². The topological polar surface area (TPSA) is 146 Å². The summed E-state index contributed by atoms with van der Waals surface area (Å²) in [5.74, 6) is -0.553. The Hall–Kier alpha value is -4.78. The molecule has 0 saturated heterocycles. The number of hydrogen-bond acceptors (Lipinski definition) is 6. The maximum atomic E-state index is 13.5. The molecule has 38 heavy (non-hydrogen) atoms. The second-order valence-electron chi connectivity index (χ2n) is 10.2. The third-order valence-corrected chi connectivity index (χ3v) is 6.04. The first kappa shape index (κ1) is 26.3. The third kappa shape index (κ3) is 5.95. The highest BCUT2D eigenvalue weighted by Gasteiger charge is 2.34. The smallest absolute Gasteiger partial charge is 0.273 e. The number of aromatic nitrogens is 4. The van der Waals surface area contributed by atoms with Crippen LogP contribution in [0.1, 0.15) is 53.9 Å². The number of nitrogens with zero attached hydrogens (tertiary/aromatic N) is 4. The molecule has 194 valence electrons. The molecule has 2 aromatic heterocycles. The zero-order chi connectivity index (χ0) is 27.4. The van der Waals surface area contributed by atoms with Crippen molar-refractivity contribution in [3.63, 3.8) is 0 Å². The van der Waals surface area contributed by atoms with Crippen LogP contribution in [-0.4, -0.2) is 37.6 Å². The van der Waals surface area contributed by atoms with Crippen molar-refractivity contribution in [2.24, 2.45) is 5.41 Å². The highest BCUT2D eigenvalue weighted by molar-refractivity contribution is 6.06. The minimum atomic E-state index is -0.881. The van der Waals surface area contributed by atoms with Crippen LogP contribution >= 0.6 is 0 Å². The van der Waals surface area contributed by atoms with E-state index < -0.39 is 23.3 Å². The minimum absolute atomic E-state index is 0.0142. The molecule has 2 amide bonds. The number of H-pyrrole nitrogens is 1. The zero-order valence-corrected chi connectivity index (χ0v) is 21.7. The van der Waals surface area contributed by atoms with E-state index in [-0.39, 0.29) is 17.8 Å². The van der Waals surface area contributed by atoms with Crippen molar-refractivity contribution in [1.29, 1.82) is 5.26 Å². The summed E-state index contributed by atoms with van der Waals surface area (Å²) < 4.78 is 1.73. The van der Waals surface area contributed by atoms with Gasteiger partial charge in [-0.3, -0.25) is 19.1 Å². The van der Waals surface area contributed by atoms with E-state index in [2.05, 4.69) is 31.8 Å². The lowest BCUT2D eigenvalue weighted by molar-refractivity contribution is -0.125. The number of fused-ring (bicyclic) bond motifs is 1. The Bertz CT molecular complexity index is 1590. The number of aryl methyl sites for hydroxylation is 1. The number of carbonyl (C=O) groups is 2. The van der Waals surface area contributed by atoms with Gasteiger partial charge in [-0.05, 0) is 36.1 Å². The van der Waals surface area contributed by atoms with Crippen molar-refractivity contribution in [2.75, 3.05) is 0 Å². The number of benzene rings is 2. The molecular weight excluding hydrogens is 482 g/mol. The lowest BCUT2D eigenvalue weighted by Gasteiger charge is -2.30. The van der Waals surface area contributed by atoms with Gasteiger partial charge < -0.3 is 15.6 Å². The van der Waals surface area contributed by atoms with Crippen LogP contribution in [0.25, 0.3) is 10.9 Å². The fourth-order valence-corrected chi connectivity index (χ4v) is 4.15. The SMILES string of the molecule is Cc1cc(=O)[nH]c(CNC(=O)[C@@H](NC(=O)c2nn(Cc3ccc(C#N)cc3)c3ccccc23)C(C)(C)C)n1. The third-order valence-electron chi connectivity index (χ3n) is 6.04. The molecule has 3 N–H and O–H groups in total. The van der Waals surface area contributed by atoms with Gasteiger partial charge in [-0.2, -0.15) is 10.4 Å². The molecule has 0 radical (unpaired) electrons. The van der Waals surface area contributed by atoms with Gasteiger partial charge in [0, 0.05) is 17.1 Å². The average Bonchev–Trinajstić information content (AvgIpc) is 3.23. The molecule has 0 bridgehead atoms. The molecule has 0 fully saturated rings. The van der Waals surface area contributed by atoms with Crippen molar-refractivity contribution in [1.82, 2.24) is 30.4 Å². The molecule has 0 saturated carbocycles. The summed E-state index contributed by atoms with van der Waals surface area (Å²) in [5, 5.41) is 19.9. The standard InChI is InChI=1S/C28H29N7O3/c1-17-13-23(36)32-22(31-17)15-30-27(38)25(28(2,3)4)33-26(37)24-20-7-5-6-8-21(20)35(34-24)16-19-11-9-18(14-29)10-12-19/h5-13,25H,15-16H2,1-4H3,(H,30,38)(H,33,37)(H,31,32,36)/t25-/m1/s1. The monoisotopic (exact) mass is 511 g/mol. The fraction of sp³-hybridized carbons (Fsp3) is 0.286. The number of para-hydroxylation sites is 1. The van der Waals surface area contributed by atoms with E-state index in [1.807, 2.05) is 57.2 Å². The van der Waals surface area contributed by atoms with E-state index in [1.54, 1.807) is 23.7 Å². The van der Waals surface area contributed by atoms with Crippen molar-refractivity contribution in [3.8, 4) is 6.07 Å². The number of nitriles is 1. The Kier molecular flexibility index (Phi) is 7.39. The van der Waals surface area contributed by atoms with Gasteiger partial charge >= 0.3 is 0 Å². The van der Waals surface area contributed by atoms with Crippen molar-refractivity contribution in [3.05, 3.63) is 93.3 Å². The summed E-state index contributed by atoms with van der Waals surface area (Å²) >= 11 is 0. The first-order valence-corrected chi connectivity index (χ1v) is 12.1. The summed E-state index contributed by atoms with van der Waals surface area (Å²) in [4.78, 5) is 45.2. The van der Waals surface area contributed by atoms with Crippen LogP contribution in [0.5, 0.6) is 0 Å². The predicted molar refractivity (Wildman–Crippen MR) is 142 cm³/mol. The molecule has 2 aromatic carbocycles. The van der Waals surface area contributed by atoms with Crippen LogP contribution in [-0.2, 0) is 17.9 Å². The molecule has 0 spiro atoms. The number of nitrogens with one attached hydrogen (secondary N) is 3. The predicted octanol–water partition coefficient (Wildman–Crippen LogP) is 2.81. The summed E-state index contributed by atoms with van der Waals surface area (Å²) in [6.07, 6.45) is 0. The van der Waals surface area contributed by atoms with E-state index in [0.29, 0.717) is 29.0 Å². The van der Waals surface area contributed by atoms with Crippen molar-refractivity contribution in [2.45, 2.75) is 46.8 Å². The molecule has 0 aliphatic carbocycles. The average molecular weight is 512 g/mol. The first-order chi connectivity index (χ1) is 18.0. The van der Waals surface area contributed by atoms with Crippen molar-refractivity contribution >= 4 is 22.7 Å². The molecule has 4 aromatic rings. The van der Waals surface area contributed by atoms with Crippen LogP contribution in [0, 0.1) is 23.7 Å². The summed E-state index contributed by atoms with van der Waals surface area (Å²) in [7, 11) is 0. The van der Waals surface area contributed by atoms with Gasteiger partial charge in [-0.15, -0.1) is 0 Å². The highest BCUT2D eigenvalue weighted by Crippen LogP contribution is 2.23. The largest absolute Gasteiger partial charge is 0.347 e. The van der Waals surface area contributed by atoms with E-state index in [4.69, 9.17) is 5.26 Å². The van der Waals surface area contributed by atoms with Gasteiger partial charge in [-0.25, -0.2) is 4.98 Å². The van der Waals surface area contributed by atoms with Crippen LogP contribution in [0.3, 0.4) is 0 Å². The highest BCUT2D eigenvalue weighted by atomic mass is 16.2. The molecule has 0 unspecified atom stereocenters. The van der Waals surface area contributed by atoms with E-state index in [9.17, 15) is 14.4 Å². The Morgan fingerprint density at radius 3 is 2.50 bits per heavy atom. The number of hydrogen-bond donors (Lipinski definition) is 3. The molecule has 2 heterocycles. The quantitative estimate of drug-likeness (QED) is 0.348. The van der Waals surface area contributed by atoms with Crippen LogP contribution < -0.4 is 16.2 Å².